The molecule has 1 N–H and O–H groups in total. The Morgan fingerprint density at radius 1 is 1.10 bits per heavy atom. The van der Waals surface area contributed by atoms with Crippen LogP contribution in [0.4, 0.5) is 13.2 Å². The molecule has 21 heavy (non-hydrogen) atoms. The maximum atomic E-state index is 12.7. The summed E-state index contributed by atoms with van der Waals surface area (Å²) in [6, 6.07) is 9.19. The third-order valence-electron chi connectivity index (χ3n) is 4.42. The summed E-state index contributed by atoms with van der Waals surface area (Å²) in [5.41, 5.74) is 0.690. The van der Waals surface area contributed by atoms with E-state index in [1.54, 1.807) is 6.07 Å². The number of rotatable bonds is 2. The number of fused-ring (bicyclic) bond motifs is 1. The van der Waals surface area contributed by atoms with Gasteiger partial charge in [0.25, 0.3) is 0 Å². The second kappa shape index (κ2) is 5.37. The van der Waals surface area contributed by atoms with Crippen LogP contribution in [-0.4, -0.2) is 11.3 Å². The topological polar surface area (TPSA) is 33.4 Å². The van der Waals surface area contributed by atoms with E-state index in [0.717, 1.165) is 5.39 Å². The first-order valence-electron chi connectivity index (χ1n) is 7.18. The van der Waals surface area contributed by atoms with E-state index < -0.39 is 18.2 Å². The van der Waals surface area contributed by atoms with E-state index in [0.29, 0.717) is 24.2 Å². The fourth-order valence-electron chi connectivity index (χ4n) is 3.14. The van der Waals surface area contributed by atoms with Gasteiger partial charge in [-0.3, -0.25) is 0 Å². The molecule has 114 valence electrons. The van der Waals surface area contributed by atoms with Crippen LogP contribution in [0.3, 0.4) is 0 Å². The van der Waals surface area contributed by atoms with Crippen LogP contribution in [-0.2, 0) is 0 Å². The lowest BCUT2D eigenvalue weighted by molar-refractivity contribution is -0.186. The summed E-state index contributed by atoms with van der Waals surface area (Å²) in [7, 11) is 0. The predicted octanol–water partition coefficient (Wildman–Crippen LogP) is 4.83. The Morgan fingerprint density at radius 2 is 1.76 bits per heavy atom. The van der Waals surface area contributed by atoms with Crippen LogP contribution in [0.2, 0.25) is 0 Å². The Balaban J connectivity index is 1.70. The Bertz CT molecular complexity index is 576. The number of furan rings is 1. The third kappa shape index (κ3) is 2.93. The van der Waals surface area contributed by atoms with Crippen molar-refractivity contribution in [2.45, 2.75) is 38.0 Å². The number of halogens is 3. The lowest BCUT2D eigenvalue weighted by Crippen LogP contribution is -2.29. The van der Waals surface area contributed by atoms with Gasteiger partial charge in [-0.05, 0) is 43.7 Å². The highest BCUT2D eigenvalue weighted by molar-refractivity contribution is 5.77. The van der Waals surface area contributed by atoms with Crippen LogP contribution < -0.4 is 0 Å². The number of benzene rings is 1. The van der Waals surface area contributed by atoms with Gasteiger partial charge in [-0.2, -0.15) is 13.2 Å². The molecule has 0 aliphatic heterocycles. The minimum absolute atomic E-state index is 0.0887. The summed E-state index contributed by atoms with van der Waals surface area (Å²) in [6.07, 6.45) is -4.01. The van der Waals surface area contributed by atoms with E-state index in [4.69, 9.17) is 4.42 Å². The summed E-state index contributed by atoms with van der Waals surface area (Å²) < 4.78 is 43.6. The Hall–Kier alpha value is -1.49. The van der Waals surface area contributed by atoms with Crippen molar-refractivity contribution in [1.82, 2.24) is 0 Å². The van der Waals surface area contributed by atoms with Crippen molar-refractivity contribution in [2.75, 3.05) is 0 Å². The normalized spacial score (nSPS) is 25.1. The SMILES string of the molecule is OC(c1cc2ccccc2o1)C1CCC(C(F)(F)F)CC1. The van der Waals surface area contributed by atoms with Crippen molar-refractivity contribution in [3.8, 4) is 0 Å². The van der Waals surface area contributed by atoms with Crippen LogP contribution >= 0.6 is 0 Å². The van der Waals surface area contributed by atoms with Gasteiger partial charge >= 0.3 is 6.18 Å². The van der Waals surface area contributed by atoms with E-state index in [-0.39, 0.29) is 18.8 Å². The zero-order valence-electron chi connectivity index (χ0n) is 11.4. The first kappa shape index (κ1) is 14.4. The molecule has 2 aromatic rings. The summed E-state index contributed by atoms with van der Waals surface area (Å²) in [6.45, 7) is 0. The van der Waals surface area contributed by atoms with Crippen molar-refractivity contribution in [3.63, 3.8) is 0 Å². The van der Waals surface area contributed by atoms with Gasteiger partial charge < -0.3 is 9.52 Å². The Kier molecular flexibility index (Phi) is 3.69. The molecule has 1 atom stereocenters. The number of alkyl halides is 3. The maximum absolute atomic E-state index is 12.7. The molecule has 0 amide bonds. The zero-order chi connectivity index (χ0) is 15.0. The van der Waals surface area contributed by atoms with Gasteiger partial charge in [-0.25, -0.2) is 0 Å². The second-order valence-corrected chi connectivity index (χ2v) is 5.78. The molecule has 1 aromatic carbocycles. The summed E-state index contributed by atoms with van der Waals surface area (Å²) in [4.78, 5) is 0. The second-order valence-electron chi connectivity index (χ2n) is 5.78. The van der Waals surface area contributed by atoms with Gasteiger partial charge in [0, 0.05) is 5.39 Å². The highest BCUT2D eigenvalue weighted by Crippen LogP contribution is 2.43. The smallest absolute Gasteiger partial charge is 0.391 e. The average molecular weight is 298 g/mol. The highest BCUT2D eigenvalue weighted by Gasteiger charge is 2.42. The molecule has 0 radical (unpaired) electrons. The molecule has 1 heterocycles. The first-order valence-corrected chi connectivity index (χ1v) is 7.18. The van der Waals surface area contributed by atoms with Crippen LogP contribution in [0.1, 0.15) is 37.5 Å². The fraction of sp³-hybridized carbons (Fsp3) is 0.500. The lowest BCUT2D eigenvalue weighted by atomic mass is 9.78. The molecule has 0 spiro atoms. The maximum Gasteiger partial charge on any atom is 0.391 e. The quantitative estimate of drug-likeness (QED) is 0.861. The molecular weight excluding hydrogens is 281 g/mol. The van der Waals surface area contributed by atoms with Gasteiger partial charge in [0.2, 0.25) is 0 Å². The molecule has 0 bridgehead atoms. The van der Waals surface area contributed by atoms with E-state index in [1.165, 1.54) is 0 Å². The molecule has 1 fully saturated rings. The molecular formula is C16H17F3O2. The van der Waals surface area contributed by atoms with Gasteiger partial charge in [0.15, 0.2) is 0 Å². The molecule has 2 nitrogen and oxygen atoms in total. The van der Waals surface area contributed by atoms with Crippen LogP contribution in [0, 0.1) is 11.8 Å². The van der Waals surface area contributed by atoms with Gasteiger partial charge in [0.05, 0.1) is 5.92 Å². The number of hydrogen-bond donors (Lipinski definition) is 1. The number of aliphatic hydroxyl groups is 1. The molecule has 1 aliphatic rings. The summed E-state index contributed by atoms with van der Waals surface area (Å²) in [5.74, 6) is -0.938. The number of aliphatic hydroxyl groups excluding tert-OH is 1. The summed E-state index contributed by atoms with van der Waals surface area (Å²) >= 11 is 0. The zero-order valence-corrected chi connectivity index (χ0v) is 11.4. The van der Waals surface area contributed by atoms with Crippen molar-refractivity contribution >= 4 is 11.0 Å². The van der Waals surface area contributed by atoms with Crippen molar-refractivity contribution < 1.29 is 22.7 Å². The molecule has 1 aromatic heterocycles. The Labute approximate surface area is 120 Å². The monoisotopic (exact) mass is 298 g/mol. The van der Waals surface area contributed by atoms with E-state index in [9.17, 15) is 18.3 Å². The molecule has 1 saturated carbocycles. The molecule has 1 unspecified atom stereocenters. The highest BCUT2D eigenvalue weighted by atomic mass is 19.4. The average Bonchev–Trinajstić information content (AvgIpc) is 2.89. The Morgan fingerprint density at radius 3 is 2.38 bits per heavy atom. The van der Waals surface area contributed by atoms with Gasteiger partial charge in [0.1, 0.15) is 17.4 Å². The fourth-order valence-corrected chi connectivity index (χ4v) is 3.14. The van der Waals surface area contributed by atoms with Gasteiger partial charge in [-0.15, -0.1) is 0 Å². The van der Waals surface area contributed by atoms with E-state index in [2.05, 4.69) is 0 Å². The molecule has 1 aliphatic carbocycles. The molecule has 3 rings (SSSR count). The third-order valence-corrected chi connectivity index (χ3v) is 4.42. The molecule has 5 heteroatoms. The number of hydrogen-bond acceptors (Lipinski definition) is 2. The van der Waals surface area contributed by atoms with Crippen LogP contribution in [0.25, 0.3) is 11.0 Å². The van der Waals surface area contributed by atoms with Crippen LogP contribution in [0.15, 0.2) is 34.7 Å². The van der Waals surface area contributed by atoms with Gasteiger partial charge in [-0.1, -0.05) is 18.2 Å². The largest absolute Gasteiger partial charge is 0.458 e. The van der Waals surface area contributed by atoms with Crippen molar-refractivity contribution in [3.05, 3.63) is 36.1 Å². The van der Waals surface area contributed by atoms with Crippen molar-refractivity contribution in [1.29, 1.82) is 0 Å². The predicted molar refractivity (Wildman–Crippen MR) is 72.7 cm³/mol. The minimum Gasteiger partial charge on any atom is -0.458 e. The van der Waals surface area contributed by atoms with E-state index >= 15 is 0 Å². The summed E-state index contributed by atoms with van der Waals surface area (Å²) in [5, 5.41) is 11.3. The standard InChI is InChI=1S/C16H17F3O2/c17-16(18,19)12-7-5-10(6-8-12)15(20)14-9-11-3-1-2-4-13(11)21-14/h1-4,9-10,12,15,20H,5-8H2. The van der Waals surface area contributed by atoms with Crippen LogP contribution in [0.5, 0.6) is 0 Å². The van der Waals surface area contributed by atoms with E-state index in [1.807, 2.05) is 24.3 Å². The van der Waals surface area contributed by atoms with Crippen molar-refractivity contribution in [2.24, 2.45) is 11.8 Å². The lowest BCUT2D eigenvalue weighted by Gasteiger charge is -2.31. The first-order chi connectivity index (χ1) is 9.95. The minimum atomic E-state index is -4.12. The molecule has 0 saturated heterocycles. The number of para-hydroxylation sites is 1.